The molecule has 116 valence electrons. The van der Waals surface area contributed by atoms with Crippen molar-refractivity contribution in [1.82, 2.24) is 10.6 Å². The Labute approximate surface area is 127 Å². The molecular weight excluding hydrogens is 264 g/mol. The number of amides is 2. The van der Waals surface area contributed by atoms with Crippen molar-refractivity contribution in [3.8, 4) is 0 Å². The second kappa shape index (κ2) is 7.27. The van der Waals surface area contributed by atoms with Gasteiger partial charge >= 0.3 is 6.03 Å². The molecule has 1 rings (SSSR count). The average Bonchev–Trinajstić information content (AvgIpc) is 2.43. The first kappa shape index (κ1) is 17.2. The summed E-state index contributed by atoms with van der Waals surface area (Å²) in [4.78, 5) is 11.6. The van der Waals surface area contributed by atoms with Crippen molar-refractivity contribution in [1.29, 1.82) is 0 Å². The second-order valence-electron chi connectivity index (χ2n) is 6.27. The molecule has 3 N–H and O–H groups in total. The Kier molecular flexibility index (Phi) is 5.97. The van der Waals surface area contributed by atoms with Gasteiger partial charge in [-0.1, -0.05) is 51.1 Å². The van der Waals surface area contributed by atoms with E-state index < -0.39 is 6.10 Å². The van der Waals surface area contributed by atoms with E-state index in [1.54, 1.807) is 6.08 Å². The molecule has 4 nitrogen and oxygen atoms in total. The highest BCUT2D eigenvalue weighted by molar-refractivity contribution is 5.74. The molecule has 2 atom stereocenters. The van der Waals surface area contributed by atoms with Crippen molar-refractivity contribution in [2.24, 2.45) is 0 Å². The summed E-state index contributed by atoms with van der Waals surface area (Å²) in [5.74, 6) is 0. The van der Waals surface area contributed by atoms with E-state index in [2.05, 4.69) is 38.0 Å². The number of hydrogen-bond acceptors (Lipinski definition) is 2. The SMILES string of the molecule is C=CC(C)NC(=O)NCC(O)c1ccc(C(C)(C)C)cc1. The highest BCUT2D eigenvalue weighted by Crippen LogP contribution is 2.23. The lowest BCUT2D eigenvalue weighted by Gasteiger charge is -2.20. The standard InChI is InChI=1S/C17H26N2O2/c1-6-12(2)19-16(21)18-11-15(20)13-7-9-14(10-8-13)17(3,4)5/h6-10,12,15,20H,1,11H2,2-5H3,(H2,18,19,21). The molecule has 0 saturated carbocycles. The summed E-state index contributed by atoms with van der Waals surface area (Å²) in [6.45, 7) is 12.0. The summed E-state index contributed by atoms with van der Waals surface area (Å²) >= 11 is 0. The zero-order valence-electron chi connectivity index (χ0n) is 13.3. The van der Waals surface area contributed by atoms with Gasteiger partial charge in [-0.05, 0) is 23.5 Å². The van der Waals surface area contributed by atoms with Crippen molar-refractivity contribution in [3.63, 3.8) is 0 Å². The van der Waals surface area contributed by atoms with Crippen LogP contribution in [0.1, 0.15) is 44.9 Å². The minimum Gasteiger partial charge on any atom is -0.387 e. The maximum atomic E-state index is 11.6. The summed E-state index contributed by atoms with van der Waals surface area (Å²) in [7, 11) is 0. The molecule has 21 heavy (non-hydrogen) atoms. The van der Waals surface area contributed by atoms with Crippen LogP contribution in [-0.4, -0.2) is 23.7 Å². The van der Waals surface area contributed by atoms with Gasteiger partial charge in [-0.25, -0.2) is 4.79 Å². The Hall–Kier alpha value is -1.81. The predicted molar refractivity (Wildman–Crippen MR) is 86.3 cm³/mol. The number of hydrogen-bond donors (Lipinski definition) is 3. The molecule has 0 aliphatic rings. The van der Waals surface area contributed by atoms with E-state index in [9.17, 15) is 9.90 Å². The van der Waals surface area contributed by atoms with Crippen LogP contribution in [0.15, 0.2) is 36.9 Å². The number of rotatable bonds is 5. The molecule has 2 amide bonds. The quantitative estimate of drug-likeness (QED) is 0.730. The third-order valence-electron chi connectivity index (χ3n) is 3.33. The van der Waals surface area contributed by atoms with Gasteiger partial charge in [0.05, 0.1) is 6.10 Å². The Bertz CT molecular complexity index is 475. The molecule has 1 aromatic rings. The first-order valence-electron chi connectivity index (χ1n) is 7.19. The van der Waals surface area contributed by atoms with Gasteiger partial charge in [-0.2, -0.15) is 0 Å². The minimum absolute atomic E-state index is 0.0858. The number of carbonyl (C=O) groups excluding carboxylic acids is 1. The lowest BCUT2D eigenvalue weighted by molar-refractivity contribution is 0.173. The Morgan fingerprint density at radius 2 is 1.90 bits per heavy atom. The van der Waals surface area contributed by atoms with Crippen molar-refractivity contribution in [2.75, 3.05) is 6.54 Å². The van der Waals surface area contributed by atoms with Crippen LogP contribution in [0.2, 0.25) is 0 Å². The van der Waals surface area contributed by atoms with Gasteiger partial charge in [0.25, 0.3) is 0 Å². The first-order chi connectivity index (χ1) is 9.74. The molecule has 0 spiro atoms. The van der Waals surface area contributed by atoms with Crippen LogP contribution in [-0.2, 0) is 5.41 Å². The van der Waals surface area contributed by atoms with E-state index in [0.717, 1.165) is 5.56 Å². The van der Waals surface area contributed by atoms with Crippen LogP contribution < -0.4 is 10.6 Å². The van der Waals surface area contributed by atoms with Crippen molar-refractivity contribution in [3.05, 3.63) is 48.0 Å². The zero-order valence-corrected chi connectivity index (χ0v) is 13.3. The summed E-state index contributed by atoms with van der Waals surface area (Å²) in [6, 6.07) is 7.41. The normalized spacial score (nSPS) is 14.1. The van der Waals surface area contributed by atoms with Crippen LogP contribution in [0.4, 0.5) is 4.79 Å². The van der Waals surface area contributed by atoms with Gasteiger partial charge in [-0.3, -0.25) is 0 Å². The lowest BCUT2D eigenvalue weighted by atomic mass is 9.86. The molecule has 0 radical (unpaired) electrons. The van der Waals surface area contributed by atoms with Crippen LogP contribution in [0.5, 0.6) is 0 Å². The minimum atomic E-state index is -0.719. The molecule has 0 fully saturated rings. The Morgan fingerprint density at radius 1 is 1.33 bits per heavy atom. The van der Waals surface area contributed by atoms with E-state index in [-0.39, 0.29) is 24.0 Å². The number of urea groups is 1. The van der Waals surface area contributed by atoms with E-state index in [1.807, 2.05) is 31.2 Å². The van der Waals surface area contributed by atoms with Gasteiger partial charge in [0, 0.05) is 12.6 Å². The maximum Gasteiger partial charge on any atom is 0.315 e. The maximum absolute atomic E-state index is 11.6. The van der Waals surface area contributed by atoms with Gasteiger partial charge < -0.3 is 15.7 Å². The van der Waals surface area contributed by atoms with Gasteiger partial charge in [0.15, 0.2) is 0 Å². The molecule has 2 unspecified atom stereocenters. The van der Waals surface area contributed by atoms with E-state index >= 15 is 0 Å². The van der Waals surface area contributed by atoms with E-state index in [0.29, 0.717) is 0 Å². The molecule has 0 aliphatic carbocycles. The van der Waals surface area contributed by atoms with Crippen LogP contribution in [0.3, 0.4) is 0 Å². The number of nitrogens with one attached hydrogen (secondary N) is 2. The largest absolute Gasteiger partial charge is 0.387 e. The lowest BCUT2D eigenvalue weighted by Crippen LogP contribution is -2.41. The summed E-state index contributed by atoms with van der Waals surface area (Å²) in [5, 5.41) is 15.4. The molecular formula is C17H26N2O2. The van der Waals surface area contributed by atoms with Crippen molar-refractivity contribution in [2.45, 2.75) is 45.3 Å². The molecule has 0 heterocycles. The van der Waals surface area contributed by atoms with Crippen molar-refractivity contribution < 1.29 is 9.90 Å². The fourth-order valence-corrected chi connectivity index (χ4v) is 1.83. The molecule has 0 saturated heterocycles. The number of benzene rings is 1. The van der Waals surface area contributed by atoms with Gasteiger partial charge in [0.1, 0.15) is 0 Å². The second-order valence-corrected chi connectivity index (χ2v) is 6.27. The summed E-state index contributed by atoms with van der Waals surface area (Å²) in [5.41, 5.74) is 2.09. The first-order valence-corrected chi connectivity index (χ1v) is 7.19. The third kappa shape index (κ3) is 5.60. The fraction of sp³-hybridized carbons (Fsp3) is 0.471. The average molecular weight is 290 g/mol. The monoisotopic (exact) mass is 290 g/mol. The number of carbonyl (C=O) groups is 1. The zero-order chi connectivity index (χ0) is 16.0. The van der Waals surface area contributed by atoms with Crippen LogP contribution >= 0.6 is 0 Å². The smallest absolute Gasteiger partial charge is 0.315 e. The van der Waals surface area contributed by atoms with E-state index in [1.165, 1.54) is 5.56 Å². The summed E-state index contributed by atoms with van der Waals surface area (Å²) in [6.07, 6.45) is 0.921. The molecule has 0 aliphatic heterocycles. The summed E-state index contributed by atoms with van der Waals surface area (Å²) < 4.78 is 0. The molecule has 4 heteroatoms. The highest BCUT2D eigenvalue weighted by atomic mass is 16.3. The van der Waals surface area contributed by atoms with Crippen molar-refractivity contribution >= 4 is 6.03 Å². The number of aliphatic hydroxyl groups excluding tert-OH is 1. The van der Waals surface area contributed by atoms with Gasteiger partial charge in [0.2, 0.25) is 0 Å². The van der Waals surface area contributed by atoms with Crippen LogP contribution in [0, 0.1) is 0 Å². The van der Waals surface area contributed by atoms with Gasteiger partial charge in [-0.15, -0.1) is 6.58 Å². The topological polar surface area (TPSA) is 61.4 Å². The fourth-order valence-electron chi connectivity index (χ4n) is 1.83. The molecule has 0 bridgehead atoms. The molecule has 1 aromatic carbocycles. The highest BCUT2D eigenvalue weighted by Gasteiger charge is 2.15. The number of aliphatic hydroxyl groups is 1. The Morgan fingerprint density at radius 3 is 2.38 bits per heavy atom. The predicted octanol–water partition coefficient (Wildman–Crippen LogP) is 2.89. The van der Waals surface area contributed by atoms with E-state index in [4.69, 9.17) is 0 Å². The Balaban J connectivity index is 2.54. The van der Waals surface area contributed by atoms with Crippen LogP contribution in [0.25, 0.3) is 0 Å². The molecule has 0 aromatic heterocycles. The third-order valence-corrected chi connectivity index (χ3v) is 3.33.